The summed E-state index contributed by atoms with van der Waals surface area (Å²) in [6.45, 7) is 2.88. The maximum Gasteiger partial charge on any atom is 0.142 e. The third-order valence-electron chi connectivity index (χ3n) is 2.97. The highest BCUT2D eigenvalue weighted by atomic mass is 32.1. The first kappa shape index (κ1) is 11.7. The second-order valence-corrected chi connectivity index (χ2v) is 5.63. The zero-order chi connectivity index (χ0) is 12.5. The molecule has 0 amide bonds. The molecular formula is C13H14FN3S. The van der Waals surface area contributed by atoms with Gasteiger partial charge in [0.25, 0.3) is 0 Å². The van der Waals surface area contributed by atoms with Gasteiger partial charge in [0.1, 0.15) is 10.8 Å². The standard InChI is InChI=1S/C13H14FN3S/c1-8-12(7-15-10-3-4-10)18-13(17-8)11-5-2-9(14)6-16-11/h2,5-6,10,15H,3-4,7H2,1H3. The van der Waals surface area contributed by atoms with Crippen LogP contribution in [0.2, 0.25) is 0 Å². The van der Waals surface area contributed by atoms with Crippen molar-refractivity contribution in [3.8, 4) is 10.7 Å². The molecule has 0 aromatic carbocycles. The van der Waals surface area contributed by atoms with E-state index in [1.165, 1.54) is 30.0 Å². The molecule has 94 valence electrons. The van der Waals surface area contributed by atoms with Gasteiger partial charge in [0.2, 0.25) is 0 Å². The van der Waals surface area contributed by atoms with Crippen molar-refractivity contribution in [1.29, 1.82) is 0 Å². The zero-order valence-electron chi connectivity index (χ0n) is 10.1. The number of nitrogens with zero attached hydrogens (tertiary/aromatic N) is 2. The van der Waals surface area contributed by atoms with Crippen molar-refractivity contribution in [2.24, 2.45) is 0 Å². The third-order valence-corrected chi connectivity index (χ3v) is 4.15. The Labute approximate surface area is 109 Å². The molecule has 1 aliphatic carbocycles. The molecule has 0 aliphatic heterocycles. The van der Waals surface area contributed by atoms with Gasteiger partial charge in [0, 0.05) is 17.5 Å². The summed E-state index contributed by atoms with van der Waals surface area (Å²) in [5.74, 6) is -0.317. The van der Waals surface area contributed by atoms with Crippen LogP contribution in [0.4, 0.5) is 4.39 Å². The van der Waals surface area contributed by atoms with Crippen LogP contribution in [0.25, 0.3) is 10.7 Å². The summed E-state index contributed by atoms with van der Waals surface area (Å²) < 4.78 is 12.8. The van der Waals surface area contributed by atoms with Crippen LogP contribution in [0.15, 0.2) is 18.3 Å². The van der Waals surface area contributed by atoms with E-state index in [-0.39, 0.29) is 5.82 Å². The Morgan fingerprint density at radius 1 is 1.44 bits per heavy atom. The summed E-state index contributed by atoms with van der Waals surface area (Å²) in [6, 6.07) is 3.78. The minimum Gasteiger partial charge on any atom is -0.309 e. The first-order valence-corrected chi connectivity index (χ1v) is 6.85. The Balaban J connectivity index is 1.79. The van der Waals surface area contributed by atoms with Gasteiger partial charge < -0.3 is 5.32 Å². The summed E-state index contributed by atoms with van der Waals surface area (Å²) in [7, 11) is 0. The van der Waals surface area contributed by atoms with Gasteiger partial charge >= 0.3 is 0 Å². The highest BCUT2D eigenvalue weighted by Gasteiger charge is 2.21. The second kappa shape index (κ2) is 4.74. The van der Waals surface area contributed by atoms with Gasteiger partial charge in [-0.05, 0) is 31.9 Å². The van der Waals surface area contributed by atoms with Crippen molar-refractivity contribution < 1.29 is 4.39 Å². The van der Waals surface area contributed by atoms with Crippen LogP contribution in [0.5, 0.6) is 0 Å². The van der Waals surface area contributed by atoms with Gasteiger partial charge in [0.15, 0.2) is 0 Å². The second-order valence-electron chi connectivity index (χ2n) is 4.54. The van der Waals surface area contributed by atoms with Gasteiger partial charge in [-0.1, -0.05) is 0 Å². The normalized spacial score (nSPS) is 15.0. The molecule has 0 unspecified atom stereocenters. The number of aromatic nitrogens is 2. The van der Waals surface area contributed by atoms with Gasteiger partial charge in [-0.2, -0.15) is 0 Å². The fourth-order valence-electron chi connectivity index (χ4n) is 1.73. The molecule has 2 aromatic rings. The molecule has 3 nitrogen and oxygen atoms in total. The number of rotatable bonds is 4. The molecule has 2 heterocycles. The van der Waals surface area contributed by atoms with E-state index >= 15 is 0 Å². The Kier molecular flexibility index (Phi) is 3.09. The van der Waals surface area contributed by atoms with Gasteiger partial charge in [-0.25, -0.2) is 9.37 Å². The molecule has 3 rings (SSSR count). The molecule has 18 heavy (non-hydrogen) atoms. The first-order valence-electron chi connectivity index (χ1n) is 6.04. The number of nitrogens with one attached hydrogen (secondary N) is 1. The van der Waals surface area contributed by atoms with Crippen molar-refractivity contribution in [2.45, 2.75) is 32.4 Å². The topological polar surface area (TPSA) is 37.8 Å². The lowest BCUT2D eigenvalue weighted by Gasteiger charge is -1.99. The number of pyridine rings is 1. The predicted molar refractivity (Wildman–Crippen MR) is 69.9 cm³/mol. The number of halogens is 1. The average Bonchev–Trinajstić information content (AvgIpc) is 3.12. The molecule has 1 aliphatic rings. The Morgan fingerprint density at radius 2 is 2.28 bits per heavy atom. The van der Waals surface area contributed by atoms with E-state index in [9.17, 15) is 4.39 Å². The maximum atomic E-state index is 12.8. The molecule has 0 spiro atoms. The van der Waals surface area contributed by atoms with Gasteiger partial charge in [0.05, 0.1) is 17.6 Å². The van der Waals surface area contributed by atoms with Crippen molar-refractivity contribution >= 4 is 11.3 Å². The number of thiazole rings is 1. The summed E-state index contributed by atoms with van der Waals surface area (Å²) in [4.78, 5) is 9.80. The van der Waals surface area contributed by atoms with Crippen LogP contribution in [-0.2, 0) is 6.54 Å². The highest BCUT2D eigenvalue weighted by Crippen LogP contribution is 2.27. The van der Waals surface area contributed by atoms with Gasteiger partial charge in [-0.15, -0.1) is 11.3 Å². The average molecular weight is 263 g/mol. The number of hydrogen-bond acceptors (Lipinski definition) is 4. The fourth-order valence-corrected chi connectivity index (χ4v) is 2.72. The van der Waals surface area contributed by atoms with E-state index in [0.717, 1.165) is 22.9 Å². The lowest BCUT2D eigenvalue weighted by molar-refractivity contribution is 0.622. The van der Waals surface area contributed by atoms with E-state index in [4.69, 9.17) is 0 Å². The summed E-state index contributed by atoms with van der Waals surface area (Å²) in [5.41, 5.74) is 1.77. The highest BCUT2D eigenvalue weighted by molar-refractivity contribution is 7.15. The van der Waals surface area contributed by atoms with E-state index in [1.54, 1.807) is 17.4 Å². The summed E-state index contributed by atoms with van der Waals surface area (Å²) in [5, 5.41) is 4.34. The van der Waals surface area contributed by atoms with E-state index in [1.807, 2.05) is 6.92 Å². The molecule has 1 N–H and O–H groups in total. The van der Waals surface area contributed by atoms with E-state index < -0.39 is 0 Å². The van der Waals surface area contributed by atoms with E-state index in [2.05, 4.69) is 15.3 Å². The van der Waals surface area contributed by atoms with Crippen LogP contribution in [0.3, 0.4) is 0 Å². The first-order chi connectivity index (χ1) is 8.72. The van der Waals surface area contributed by atoms with Gasteiger partial charge in [-0.3, -0.25) is 4.98 Å². The minimum absolute atomic E-state index is 0.317. The molecule has 0 radical (unpaired) electrons. The molecule has 0 atom stereocenters. The maximum absolute atomic E-state index is 12.8. The molecule has 2 aromatic heterocycles. The van der Waals surface area contributed by atoms with Crippen LogP contribution in [-0.4, -0.2) is 16.0 Å². The number of hydrogen-bond donors (Lipinski definition) is 1. The van der Waals surface area contributed by atoms with Crippen LogP contribution >= 0.6 is 11.3 Å². The predicted octanol–water partition coefficient (Wildman–Crippen LogP) is 2.90. The Morgan fingerprint density at radius 3 is 2.94 bits per heavy atom. The SMILES string of the molecule is Cc1nc(-c2ccc(F)cn2)sc1CNC1CC1. The fraction of sp³-hybridized carbons (Fsp3) is 0.385. The third kappa shape index (κ3) is 2.57. The lowest BCUT2D eigenvalue weighted by atomic mass is 10.3. The van der Waals surface area contributed by atoms with Crippen molar-refractivity contribution in [1.82, 2.24) is 15.3 Å². The molecule has 0 bridgehead atoms. The smallest absolute Gasteiger partial charge is 0.142 e. The largest absolute Gasteiger partial charge is 0.309 e. The Hall–Kier alpha value is -1.33. The summed E-state index contributed by atoms with van der Waals surface area (Å²) in [6.07, 6.45) is 3.79. The van der Waals surface area contributed by atoms with Crippen LogP contribution in [0.1, 0.15) is 23.4 Å². The monoisotopic (exact) mass is 263 g/mol. The quantitative estimate of drug-likeness (QED) is 0.921. The summed E-state index contributed by atoms with van der Waals surface area (Å²) >= 11 is 1.63. The number of aryl methyl sites for hydroxylation is 1. The zero-order valence-corrected chi connectivity index (χ0v) is 10.9. The van der Waals surface area contributed by atoms with Crippen molar-refractivity contribution in [2.75, 3.05) is 0 Å². The van der Waals surface area contributed by atoms with E-state index in [0.29, 0.717) is 6.04 Å². The molecule has 5 heteroatoms. The lowest BCUT2D eigenvalue weighted by Crippen LogP contribution is -2.14. The van der Waals surface area contributed by atoms with Crippen LogP contribution < -0.4 is 5.32 Å². The molecular weight excluding hydrogens is 249 g/mol. The molecule has 0 saturated heterocycles. The molecule has 1 fully saturated rings. The molecule has 1 saturated carbocycles. The van der Waals surface area contributed by atoms with Crippen molar-refractivity contribution in [3.05, 3.63) is 34.7 Å². The van der Waals surface area contributed by atoms with Crippen molar-refractivity contribution in [3.63, 3.8) is 0 Å². The van der Waals surface area contributed by atoms with Crippen LogP contribution in [0, 0.1) is 12.7 Å². The minimum atomic E-state index is -0.317. The Bertz CT molecular complexity index is 546.